The molecule has 0 bridgehead atoms. The molecule has 4 rings (SSSR count). The lowest BCUT2D eigenvalue weighted by molar-refractivity contribution is 0.878. The minimum absolute atomic E-state index is 0.209. The minimum Gasteiger partial charge on any atom is -0.372 e. The predicted molar refractivity (Wildman–Crippen MR) is 101 cm³/mol. The van der Waals surface area contributed by atoms with E-state index in [4.69, 9.17) is 0 Å². The lowest BCUT2D eigenvalue weighted by atomic mass is 10.2. The molecule has 1 aromatic carbocycles. The van der Waals surface area contributed by atoms with Crippen molar-refractivity contribution in [3.8, 4) is 0 Å². The second-order valence-electron chi connectivity index (χ2n) is 6.07. The van der Waals surface area contributed by atoms with Crippen LogP contribution in [0.1, 0.15) is 23.4 Å². The first-order valence-electron chi connectivity index (χ1n) is 8.38. The lowest BCUT2D eigenvalue weighted by Gasteiger charge is -2.17. The van der Waals surface area contributed by atoms with Crippen LogP contribution in [0.3, 0.4) is 0 Å². The summed E-state index contributed by atoms with van der Waals surface area (Å²) in [7, 11) is 0. The number of benzene rings is 1. The summed E-state index contributed by atoms with van der Waals surface area (Å²) in [5.41, 5.74) is 2.32. The maximum Gasteiger partial charge on any atom is 0.274 e. The van der Waals surface area contributed by atoms with E-state index in [0.717, 1.165) is 23.7 Å². The summed E-state index contributed by atoms with van der Waals surface area (Å²) in [5.74, 6) is 0.355. The zero-order valence-electron chi connectivity index (χ0n) is 13.7. The normalized spacial score (nSPS) is 14.0. The Kier molecular flexibility index (Phi) is 4.47. The van der Waals surface area contributed by atoms with Gasteiger partial charge in [0.05, 0.1) is 0 Å². The molecule has 6 nitrogen and oxygen atoms in total. The van der Waals surface area contributed by atoms with Crippen molar-refractivity contribution < 1.29 is 0 Å². The summed E-state index contributed by atoms with van der Waals surface area (Å²) in [4.78, 5) is 18.4. The highest BCUT2D eigenvalue weighted by Gasteiger charge is 2.12. The highest BCUT2D eigenvalue weighted by molar-refractivity contribution is 7.09. The Hall–Kier alpha value is -2.67. The highest BCUT2D eigenvalue weighted by atomic mass is 32.1. The first kappa shape index (κ1) is 15.8. The average Bonchev–Trinajstić information content (AvgIpc) is 3.32. The molecule has 2 N–H and O–H groups in total. The Morgan fingerprint density at radius 3 is 2.60 bits per heavy atom. The largest absolute Gasteiger partial charge is 0.372 e. The van der Waals surface area contributed by atoms with Crippen LogP contribution in [0.2, 0.25) is 0 Å². The Morgan fingerprint density at radius 2 is 1.92 bits per heavy atom. The van der Waals surface area contributed by atoms with Gasteiger partial charge in [-0.25, -0.2) is 0 Å². The second kappa shape index (κ2) is 7.06. The summed E-state index contributed by atoms with van der Waals surface area (Å²) in [5, 5.41) is 13.3. The summed E-state index contributed by atoms with van der Waals surface area (Å²) >= 11 is 1.60. The molecule has 0 amide bonds. The van der Waals surface area contributed by atoms with E-state index in [-0.39, 0.29) is 5.56 Å². The third-order valence-corrected chi connectivity index (χ3v) is 5.16. The van der Waals surface area contributed by atoms with Crippen LogP contribution in [0.15, 0.2) is 46.6 Å². The topological polar surface area (TPSA) is 73.9 Å². The fraction of sp³-hybridized carbons (Fsp3) is 0.278. The summed E-state index contributed by atoms with van der Waals surface area (Å²) in [6, 6.07) is 12.1. The van der Waals surface area contributed by atoms with Crippen molar-refractivity contribution in [3.05, 3.63) is 62.7 Å². The lowest BCUT2D eigenvalue weighted by Crippen LogP contribution is -2.19. The Balaban J connectivity index is 1.45. The molecular weight excluding hydrogens is 334 g/mol. The number of nitrogens with one attached hydrogen (secondary N) is 2. The van der Waals surface area contributed by atoms with Crippen molar-refractivity contribution in [1.82, 2.24) is 15.2 Å². The molecule has 25 heavy (non-hydrogen) atoms. The number of thiophene rings is 1. The zero-order valence-corrected chi connectivity index (χ0v) is 14.6. The molecule has 3 aromatic rings. The molecule has 0 unspecified atom stereocenters. The monoisotopic (exact) mass is 353 g/mol. The van der Waals surface area contributed by atoms with Crippen molar-refractivity contribution in [1.29, 1.82) is 0 Å². The first-order chi connectivity index (χ1) is 12.3. The molecule has 128 valence electrons. The van der Waals surface area contributed by atoms with E-state index in [0.29, 0.717) is 18.1 Å². The number of aromatic amines is 1. The Labute approximate surface area is 149 Å². The molecule has 2 aromatic heterocycles. The van der Waals surface area contributed by atoms with Crippen LogP contribution in [-0.2, 0) is 6.42 Å². The Bertz CT molecular complexity index is 883. The number of H-pyrrole nitrogens is 1. The van der Waals surface area contributed by atoms with Crippen LogP contribution < -0.4 is 15.8 Å². The number of aromatic nitrogens is 3. The third kappa shape index (κ3) is 3.71. The van der Waals surface area contributed by atoms with Crippen LogP contribution in [-0.4, -0.2) is 28.3 Å². The predicted octanol–water partition coefficient (Wildman–Crippen LogP) is 3.16. The summed E-state index contributed by atoms with van der Waals surface area (Å²) in [6.07, 6.45) is 3.02. The summed E-state index contributed by atoms with van der Waals surface area (Å²) in [6.45, 7) is 2.24. The van der Waals surface area contributed by atoms with E-state index in [2.05, 4.69) is 37.5 Å². The third-order valence-electron chi connectivity index (χ3n) is 4.29. The van der Waals surface area contributed by atoms with Crippen LogP contribution in [0, 0.1) is 0 Å². The van der Waals surface area contributed by atoms with Gasteiger partial charge in [0.1, 0.15) is 5.69 Å². The number of rotatable bonds is 5. The van der Waals surface area contributed by atoms with Crippen molar-refractivity contribution in [2.24, 2.45) is 0 Å². The summed E-state index contributed by atoms with van der Waals surface area (Å²) < 4.78 is 0. The highest BCUT2D eigenvalue weighted by Crippen LogP contribution is 2.22. The smallest absolute Gasteiger partial charge is 0.274 e. The van der Waals surface area contributed by atoms with Gasteiger partial charge in [0.15, 0.2) is 0 Å². The maximum absolute atomic E-state index is 12.2. The van der Waals surface area contributed by atoms with Gasteiger partial charge < -0.3 is 10.2 Å². The molecular formula is C18H19N5OS. The van der Waals surface area contributed by atoms with Gasteiger partial charge in [-0.15, -0.1) is 21.5 Å². The van der Waals surface area contributed by atoms with Crippen LogP contribution in [0.25, 0.3) is 0 Å². The number of anilines is 3. The molecule has 1 aliphatic rings. The average molecular weight is 353 g/mol. The molecule has 0 radical (unpaired) electrons. The number of hydrogen-bond acceptors (Lipinski definition) is 6. The van der Waals surface area contributed by atoms with Gasteiger partial charge in [-0.05, 0) is 48.6 Å². The van der Waals surface area contributed by atoms with Crippen molar-refractivity contribution in [3.63, 3.8) is 0 Å². The second-order valence-corrected chi connectivity index (χ2v) is 7.10. The molecule has 1 aliphatic heterocycles. The fourth-order valence-electron chi connectivity index (χ4n) is 2.98. The number of nitrogens with zero attached hydrogens (tertiary/aromatic N) is 3. The van der Waals surface area contributed by atoms with E-state index in [1.807, 2.05) is 29.6 Å². The van der Waals surface area contributed by atoms with E-state index < -0.39 is 0 Å². The standard InChI is InChI=1S/C18H19N5OS/c24-17-16(12-15-4-3-11-25-15)21-22-18(20-17)19-13-5-7-14(8-6-13)23-9-1-2-10-23/h3-8,11H,1-2,9-10,12H2,(H2,19,20,22,24). The molecule has 7 heteroatoms. The van der Waals surface area contributed by atoms with E-state index in [9.17, 15) is 4.79 Å². The number of hydrogen-bond donors (Lipinski definition) is 2. The minimum atomic E-state index is -0.209. The molecule has 1 saturated heterocycles. The van der Waals surface area contributed by atoms with Crippen molar-refractivity contribution in [2.45, 2.75) is 19.3 Å². The van der Waals surface area contributed by atoms with E-state index in [1.54, 1.807) is 11.3 Å². The van der Waals surface area contributed by atoms with E-state index in [1.165, 1.54) is 18.5 Å². The molecule has 0 atom stereocenters. The van der Waals surface area contributed by atoms with Gasteiger partial charge >= 0.3 is 0 Å². The quantitative estimate of drug-likeness (QED) is 0.737. The van der Waals surface area contributed by atoms with Gasteiger partial charge in [-0.2, -0.15) is 0 Å². The molecule has 0 saturated carbocycles. The maximum atomic E-state index is 12.2. The van der Waals surface area contributed by atoms with Crippen LogP contribution >= 0.6 is 11.3 Å². The van der Waals surface area contributed by atoms with Crippen LogP contribution in [0.4, 0.5) is 17.3 Å². The van der Waals surface area contributed by atoms with Gasteiger partial charge in [-0.1, -0.05) is 6.07 Å². The van der Waals surface area contributed by atoms with Gasteiger partial charge in [0, 0.05) is 35.8 Å². The Morgan fingerprint density at radius 1 is 1.12 bits per heavy atom. The molecule has 1 fully saturated rings. The zero-order chi connectivity index (χ0) is 17.1. The van der Waals surface area contributed by atoms with Gasteiger partial charge in [0.2, 0.25) is 5.95 Å². The fourth-order valence-corrected chi connectivity index (χ4v) is 3.69. The van der Waals surface area contributed by atoms with Crippen molar-refractivity contribution >= 4 is 28.7 Å². The molecule has 0 aliphatic carbocycles. The van der Waals surface area contributed by atoms with Crippen molar-refractivity contribution in [2.75, 3.05) is 23.3 Å². The van der Waals surface area contributed by atoms with E-state index >= 15 is 0 Å². The molecule has 3 heterocycles. The van der Waals surface area contributed by atoms with Gasteiger partial charge in [0.25, 0.3) is 5.56 Å². The van der Waals surface area contributed by atoms with Gasteiger partial charge in [-0.3, -0.25) is 9.78 Å². The SMILES string of the molecule is O=c1[nH]c(Nc2ccc(N3CCCC3)cc2)nnc1Cc1cccs1. The first-order valence-corrected chi connectivity index (χ1v) is 9.26. The molecule has 0 spiro atoms. The van der Waals surface area contributed by atoms with Crippen LogP contribution in [0.5, 0.6) is 0 Å².